The van der Waals surface area contributed by atoms with Crippen molar-refractivity contribution in [1.82, 2.24) is 14.8 Å². The third kappa shape index (κ3) is 4.22. The smallest absolute Gasteiger partial charge is 0.260 e. The van der Waals surface area contributed by atoms with Gasteiger partial charge in [0.25, 0.3) is 5.91 Å². The van der Waals surface area contributed by atoms with Gasteiger partial charge in [-0.15, -0.1) is 0 Å². The first-order chi connectivity index (χ1) is 14.6. The van der Waals surface area contributed by atoms with Crippen molar-refractivity contribution in [2.75, 3.05) is 10.2 Å². The number of anilines is 3. The zero-order chi connectivity index (χ0) is 20.9. The maximum absolute atomic E-state index is 13.2. The lowest BCUT2D eigenvalue weighted by molar-refractivity contribution is 0.0980. The lowest BCUT2D eigenvalue weighted by Gasteiger charge is -2.27. The molecule has 0 fully saturated rings. The highest BCUT2D eigenvalue weighted by molar-refractivity contribution is 6.06. The minimum absolute atomic E-state index is 0.00350. The van der Waals surface area contributed by atoms with Gasteiger partial charge in [0.05, 0.1) is 5.56 Å². The molecule has 0 aliphatic rings. The number of carbonyl (C=O) groups is 1. The Labute approximate surface area is 175 Å². The van der Waals surface area contributed by atoms with Gasteiger partial charge in [0.1, 0.15) is 0 Å². The maximum atomic E-state index is 13.2. The second kappa shape index (κ2) is 8.61. The topological polar surface area (TPSA) is 63.1 Å². The number of para-hydroxylation sites is 1. The molecular weight excluding hydrogens is 374 g/mol. The first-order valence-corrected chi connectivity index (χ1v) is 9.83. The number of pyridine rings is 1. The van der Waals surface area contributed by atoms with Gasteiger partial charge in [0.15, 0.2) is 5.82 Å². The molecule has 6 nitrogen and oxygen atoms in total. The van der Waals surface area contributed by atoms with Crippen molar-refractivity contribution < 1.29 is 4.79 Å². The summed E-state index contributed by atoms with van der Waals surface area (Å²) >= 11 is 0. The number of rotatable bonds is 6. The lowest BCUT2D eigenvalue weighted by Crippen LogP contribution is -2.37. The Hall–Kier alpha value is -3.93. The average Bonchev–Trinajstić information content (AvgIpc) is 3.31. The summed E-state index contributed by atoms with van der Waals surface area (Å²) in [4.78, 5) is 19.4. The summed E-state index contributed by atoms with van der Waals surface area (Å²) in [6.07, 6.45) is 5.10. The Morgan fingerprint density at radius 2 is 1.67 bits per heavy atom. The molecule has 0 atom stereocenters. The van der Waals surface area contributed by atoms with Gasteiger partial charge in [0, 0.05) is 41.7 Å². The van der Waals surface area contributed by atoms with Crippen molar-refractivity contribution in [3.05, 3.63) is 97.0 Å². The number of amides is 1. The lowest BCUT2D eigenvalue weighted by atomic mass is 10.1. The fourth-order valence-electron chi connectivity index (χ4n) is 3.23. The van der Waals surface area contributed by atoms with Crippen LogP contribution in [0.1, 0.15) is 24.2 Å². The van der Waals surface area contributed by atoms with Gasteiger partial charge >= 0.3 is 0 Å². The SMILES string of the molecule is CC(C)N(C(=O)c1ccc(-n2cccn2)nc1)c1ccc(Nc2ccccc2)cc1. The Balaban J connectivity index is 1.53. The predicted molar refractivity (Wildman–Crippen MR) is 119 cm³/mol. The highest BCUT2D eigenvalue weighted by Crippen LogP contribution is 2.24. The highest BCUT2D eigenvalue weighted by Gasteiger charge is 2.21. The van der Waals surface area contributed by atoms with Crippen molar-refractivity contribution in [3.63, 3.8) is 0 Å². The number of benzene rings is 2. The largest absolute Gasteiger partial charge is 0.356 e. The molecule has 1 N–H and O–H groups in total. The standard InChI is InChI=1S/C24H23N5O/c1-18(2)29(22-12-10-21(11-13-22)27-20-7-4-3-5-8-20)24(30)19-9-14-23(25-17-19)28-16-6-15-26-28/h3-18,27H,1-2H3. The molecule has 2 aromatic carbocycles. The maximum Gasteiger partial charge on any atom is 0.260 e. The third-order valence-electron chi connectivity index (χ3n) is 4.68. The van der Waals surface area contributed by atoms with Crippen LogP contribution in [0.4, 0.5) is 17.1 Å². The van der Waals surface area contributed by atoms with E-state index in [0.29, 0.717) is 11.4 Å². The molecule has 0 saturated heterocycles. The van der Waals surface area contributed by atoms with Crippen LogP contribution in [0.3, 0.4) is 0 Å². The summed E-state index contributed by atoms with van der Waals surface area (Å²) in [6, 6.07) is 23.2. The number of carbonyl (C=O) groups excluding carboxylic acids is 1. The summed E-state index contributed by atoms with van der Waals surface area (Å²) in [5.41, 5.74) is 3.35. The Bertz CT molecular complexity index is 1090. The number of nitrogens with zero attached hydrogens (tertiary/aromatic N) is 4. The molecule has 2 heterocycles. The quantitative estimate of drug-likeness (QED) is 0.494. The molecule has 6 heteroatoms. The van der Waals surface area contributed by atoms with Gasteiger partial charge in [-0.1, -0.05) is 18.2 Å². The monoisotopic (exact) mass is 397 g/mol. The molecule has 2 aromatic heterocycles. The van der Waals surface area contributed by atoms with E-state index in [1.54, 1.807) is 34.1 Å². The average molecular weight is 397 g/mol. The summed E-state index contributed by atoms with van der Waals surface area (Å²) in [7, 11) is 0. The first kappa shape index (κ1) is 19.4. The van der Waals surface area contributed by atoms with Crippen LogP contribution in [-0.2, 0) is 0 Å². The van der Waals surface area contributed by atoms with E-state index in [2.05, 4.69) is 15.4 Å². The van der Waals surface area contributed by atoms with E-state index in [-0.39, 0.29) is 11.9 Å². The van der Waals surface area contributed by atoms with Crippen LogP contribution in [0.15, 0.2) is 91.4 Å². The fourth-order valence-corrected chi connectivity index (χ4v) is 3.23. The normalized spacial score (nSPS) is 10.8. The van der Waals surface area contributed by atoms with Gasteiger partial charge < -0.3 is 10.2 Å². The van der Waals surface area contributed by atoms with Crippen molar-refractivity contribution in [2.24, 2.45) is 0 Å². The van der Waals surface area contributed by atoms with Crippen LogP contribution < -0.4 is 10.2 Å². The summed E-state index contributed by atoms with van der Waals surface area (Å²) in [5.74, 6) is 0.581. The first-order valence-electron chi connectivity index (χ1n) is 9.83. The summed E-state index contributed by atoms with van der Waals surface area (Å²) in [5, 5.41) is 7.52. The highest BCUT2D eigenvalue weighted by atomic mass is 16.2. The van der Waals surface area contributed by atoms with Crippen molar-refractivity contribution >= 4 is 23.0 Å². The molecule has 0 spiro atoms. The molecule has 1 amide bonds. The predicted octanol–water partition coefficient (Wildman–Crippen LogP) is 5.07. The number of nitrogens with one attached hydrogen (secondary N) is 1. The number of hydrogen-bond donors (Lipinski definition) is 1. The zero-order valence-electron chi connectivity index (χ0n) is 16.9. The molecular formula is C24H23N5O. The zero-order valence-corrected chi connectivity index (χ0v) is 16.9. The van der Waals surface area contributed by atoms with Crippen LogP contribution in [0.2, 0.25) is 0 Å². The molecule has 0 aliphatic heterocycles. The number of aromatic nitrogens is 3. The summed E-state index contributed by atoms with van der Waals surface area (Å²) < 4.78 is 1.66. The van der Waals surface area contributed by atoms with Gasteiger partial charge in [-0.2, -0.15) is 5.10 Å². The van der Waals surface area contributed by atoms with Crippen LogP contribution in [0.25, 0.3) is 5.82 Å². The third-order valence-corrected chi connectivity index (χ3v) is 4.68. The van der Waals surface area contributed by atoms with E-state index >= 15 is 0 Å². The van der Waals surface area contributed by atoms with Crippen molar-refractivity contribution in [1.29, 1.82) is 0 Å². The molecule has 150 valence electrons. The Morgan fingerprint density at radius 1 is 0.933 bits per heavy atom. The van der Waals surface area contributed by atoms with Gasteiger partial charge in [-0.3, -0.25) is 4.79 Å². The van der Waals surface area contributed by atoms with E-state index < -0.39 is 0 Å². The number of hydrogen-bond acceptors (Lipinski definition) is 4. The van der Waals surface area contributed by atoms with Crippen LogP contribution in [-0.4, -0.2) is 26.7 Å². The molecule has 0 saturated carbocycles. The van der Waals surface area contributed by atoms with E-state index in [1.165, 1.54) is 0 Å². The van der Waals surface area contributed by atoms with E-state index in [4.69, 9.17) is 0 Å². The van der Waals surface area contributed by atoms with Gasteiger partial charge in [-0.25, -0.2) is 9.67 Å². The minimum atomic E-state index is -0.0896. The second-order valence-electron chi connectivity index (χ2n) is 7.16. The van der Waals surface area contributed by atoms with E-state index in [1.807, 2.05) is 80.7 Å². The molecule has 0 unspecified atom stereocenters. The fraction of sp³-hybridized carbons (Fsp3) is 0.125. The summed E-state index contributed by atoms with van der Waals surface area (Å²) in [6.45, 7) is 4.00. The Kier molecular flexibility index (Phi) is 5.57. The van der Waals surface area contributed by atoms with Gasteiger partial charge in [-0.05, 0) is 68.4 Å². The second-order valence-corrected chi connectivity index (χ2v) is 7.16. The van der Waals surface area contributed by atoms with Crippen molar-refractivity contribution in [3.8, 4) is 5.82 Å². The minimum Gasteiger partial charge on any atom is -0.356 e. The van der Waals surface area contributed by atoms with Gasteiger partial charge in [0.2, 0.25) is 0 Å². The van der Waals surface area contributed by atoms with Crippen LogP contribution in [0.5, 0.6) is 0 Å². The molecule has 0 radical (unpaired) electrons. The van der Waals surface area contributed by atoms with E-state index in [0.717, 1.165) is 17.1 Å². The van der Waals surface area contributed by atoms with Crippen LogP contribution in [0, 0.1) is 0 Å². The molecule has 4 aromatic rings. The van der Waals surface area contributed by atoms with E-state index in [9.17, 15) is 4.79 Å². The van der Waals surface area contributed by atoms with Crippen LogP contribution >= 0.6 is 0 Å². The van der Waals surface area contributed by atoms with Crippen molar-refractivity contribution in [2.45, 2.75) is 19.9 Å². The molecule has 0 aliphatic carbocycles. The molecule has 30 heavy (non-hydrogen) atoms. The molecule has 0 bridgehead atoms. The molecule has 4 rings (SSSR count). The Morgan fingerprint density at radius 3 is 2.27 bits per heavy atom.